The van der Waals surface area contributed by atoms with Gasteiger partial charge in [0.05, 0.1) is 12.7 Å². The summed E-state index contributed by atoms with van der Waals surface area (Å²) in [7, 11) is 0. The molecule has 0 saturated heterocycles. The zero-order chi connectivity index (χ0) is 12.1. The van der Waals surface area contributed by atoms with Crippen LogP contribution >= 0.6 is 15.9 Å². The lowest BCUT2D eigenvalue weighted by Crippen LogP contribution is -2.21. The van der Waals surface area contributed by atoms with Crippen LogP contribution in [0.3, 0.4) is 0 Å². The lowest BCUT2D eigenvalue weighted by atomic mass is 9.96. The van der Waals surface area contributed by atoms with Gasteiger partial charge in [0.1, 0.15) is 0 Å². The van der Waals surface area contributed by atoms with E-state index in [1.807, 2.05) is 0 Å². The SMILES string of the molecule is CCNCc1ccc(COC2CCC2)c(Br)c1. The maximum absolute atomic E-state index is 5.82. The van der Waals surface area contributed by atoms with Crippen molar-refractivity contribution in [2.24, 2.45) is 0 Å². The van der Waals surface area contributed by atoms with Crippen LogP contribution in [0.1, 0.15) is 37.3 Å². The maximum Gasteiger partial charge on any atom is 0.0731 e. The van der Waals surface area contributed by atoms with Gasteiger partial charge in [0.15, 0.2) is 0 Å². The first-order valence-corrected chi connectivity index (χ1v) is 7.18. The van der Waals surface area contributed by atoms with E-state index in [1.54, 1.807) is 0 Å². The van der Waals surface area contributed by atoms with Crippen molar-refractivity contribution in [3.05, 3.63) is 33.8 Å². The molecule has 94 valence electrons. The van der Waals surface area contributed by atoms with Crippen molar-refractivity contribution in [1.82, 2.24) is 5.32 Å². The van der Waals surface area contributed by atoms with Crippen LogP contribution in [-0.2, 0) is 17.9 Å². The number of hydrogen-bond acceptors (Lipinski definition) is 2. The van der Waals surface area contributed by atoms with Crippen LogP contribution in [0.4, 0.5) is 0 Å². The summed E-state index contributed by atoms with van der Waals surface area (Å²) in [6, 6.07) is 6.52. The Bertz CT molecular complexity index is 363. The molecule has 1 saturated carbocycles. The van der Waals surface area contributed by atoms with E-state index in [0.717, 1.165) is 24.2 Å². The van der Waals surface area contributed by atoms with Crippen LogP contribution in [0, 0.1) is 0 Å². The highest BCUT2D eigenvalue weighted by Crippen LogP contribution is 2.25. The molecule has 0 aliphatic heterocycles. The van der Waals surface area contributed by atoms with Crippen molar-refractivity contribution < 1.29 is 4.74 Å². The average molecular weight is 298 g/mol. The van der Waals surface area contributed by atoms with Crippen LogP contribution in [-0.4, -0.2) is 12.6 Å². The molecule has 0 atom stereocenters. The summed E-state index contributed by atoms with van der Waals surface area (Å²) in [5, 5.41) is 3.33. The molecule has 0 bridgehead atoms. The van der Waals surface area contributed by atoms with Crippen LogP contribution in [0.2, 0.25) is 0 Å². The molecule has 2 nitrogen and oxygen atoms in total. The Balaban J connectivity index is 1.88. The maximum atomic E-state index is 5.82. The fraction of sp³-hybridized carbons (Fsp3) is 0.571. The largest absolute Gasteiger partial charge is 0.374 e. The van der Waals surface area contributed by atoms with Gasteiger partial charge in [0.2, 0.25) is 0 Å². The summed E-state index contributed by atoms with van der Waals surface area (Å²) < 4.78 is 6.98. The molecular formula is C14H20BrNO. The molecule has 1 aliphatic rings. The summed E-state index contributed by atoms with van der Waals surface area (Å²) in [5.74, 6) is 0. The Labute approximate surface area is 112 Å². The second-order valence-corrected chi connectivity index (χ2v) is 5.42. The molecule has 2 rings (SSSR count). The van der Waals surface area contributed by atoms with Crippen molar-refractivity contribution in [3.8, 4) is 0 Å². The molecule has 0 heterocycles. The summed E-state index contributed by atoms with van der Waals surface area (Å²) in [6.07, 6.45) is 4.29. The molecular weight excluding hydrogens is 278 g/mol. The Hall–Kier alpha value is -0.380. The normalized spacial score (nSPS) is 15.9. The molecule has 0 unspecified atom stereocenters. The topological polar surface area (TPSA) is 21.3 Å². The van der Waals surface area contributed by atoms with Crippen molar-refractivity contribution in [1.29, 1.82) is 0 Å². The molecule has 0 radical (unpaired) electrons. The zero-order valence-electron chi connectivity index (χ0n) is 10.3. The van der Waals surface area contributed by atoms with Crippen molar-refractivity contribution in [3.63, 3.8) is 0 Å². The molecule has 17 heavy (non-hydrogen) atoms. The molecule has 0 amide bonds. The van der Waals surface area contributed by atoms with E-state index in [4.69, 9.17) is 4.74 Å². The predicted molar refractivity (Wildman–Crippen MR) is 74.0 cm³/mol. The van der Waals surface area contributed by atoms with Gasteiger partial charge in [-0.05, 0) is 43.0 Å². The number of halogens is 1. The number of benzene rings is 1. The first kappa shape index (κ1) is 13.1. The van der Waals surface area contributed by atoms with Gasteiger partial charge in [-0.2, -0.15) is 0 Å². The van der Waals surface area contributed by atoms with E-state index in [2.05, 4.69) is 46.4 Å². The Kier molecular flexibility index (Phi) is 5.01. The minimum atomic E-state index is 0.503. The van der Waals surface area contributed by atoms with Gasteiger partial charge < -0.3 is 10.1 Å². The minimum Gasteiger partial charge on any atom is -0.374 e. The molecule has 1 fully saturated rings. The van der Waals surface area contributed by atoms with E-state index >= 15 is 0 Å². The Morgan fingerprint density at radius 2 is 2.24 bits per heavy atom. The van der Waals surface area contributed by atoms with Crippen molar-refractivity contribution in [2.45, 2.75) is 45.4 Å². The fourth-order valence-corrected chi connectivity index (χ4v) is 2.37. The van der Waals surface area contributed by atoms with Gasteiger partial charge in [0.25, 0.3) is 0 Å². The summed E-state index contributed by atoms with van der Waals surface area (Å²) >= 11 is 3.62. The van der Waals surface area contributed by atoms with E-state index in [0.29, 0.717) is 6.10 Å². The van der Waals surface area contributed by atoms with Gasteiger partial charge in [-0.25, -0.2) is 0 Å². The quantitative estimate of drug-likeness (QED) is 0.866. The summed E-state index contributed by atoms with van der Waals surface area (Å²) in [5.41, 5.74) is 2.56. The average Bonchev–Trinajstić information content (AvgIpc) is 2.27. The Morgan fingerprint density at radius 3 is 2.82 bits per heavy atom. The van der Waals surface area contributed by atoms with Gasteiger partial charge >= 0.3 is 0 Å². The van der Waals surface area contributed by atoms with Gasteiger partial charge in [0, 0.05) is 11.0 Å². The fourth-order valence-electron chi connectivity index (χ4n) is 1.83. The first-order valence-electron chi connectivity index (χ1n) is 6.39. The molecule has 1 aromatic carbocycles. The molecule has 0 spiro atoms. The van der Waals surface area contributed by atoms with E-state index < -0.39 is 0 Å². The van der Waals surface area contributed by atoms with Gasteiger partial charge in [-0.1, -0.05) is 35.0 Å². The summed E-state index contributed by atoms with van der Waals surface area (Å²) in [6.45, 7) is 4.78. The lowest BCUT2D eigenvalue weighted by Gasteiger charge is -2.25. The smallest absolute Gasteiger partial charge is 0.0731 e. The predicted octanol–water partition coefficient (Wildman–Crippen LogP) is 3.63. The van der Waals surface area contributed by atoms with E-state index in [9.17, 15) is 0 Å². The third-order valence-electron chi connectivity index (χ3n) is 3.22. The number of hydrogen-bond donors (Lipinski definition) is 1. The highest BCUT2D eigenvalue weighted by molar-refractivity contribution is 9.10. The molecule has 3 heteroatoms. The van der Waals surface area contributed by atoms with E-state index in [1.165, 1.54) is 30.4 Å². The highest BCUT2D eigenvalue weighted by Gasteiger charge is 2.18. The van der Waals surface area contributed by atoms with Crippen molar-refractivity contribution in [2.75, 3.05) is 6.54 Å². The molecule has 1 N–H and O–H groups in total. The van der Waals surface area contributed by atoms with Gasteiger partial charge in [-0.15, -0.1) is 0 Å². The number of ether oxygens (including phenoxy) is 1. The van der Waals surface area contributed by atoms with Crippen LogP contribution in [0.5, 0.6) is 0 Å². The molecule has 0 aromatic heterocycles. The molecule has 1 aromatic rings. The van der Waals surface area contributed by atoms with E-state index in [-0.39, 0.29) is 0 Å². The number of nitrogens with one attached hydrogen (secondary N) is 1. The molecule has 1 aliphatic carbocycles. The standard InChI is InChI=1S/C14H20BrNO/c1-2-16-9-11-6-7-12(14(15)8-11)10-17-13-4-3-5-13/h6-8,13,16H,2-5,9-10H2,1H3. The second kappa shape index (κ2) is 6.53. The third-order valence-corrected chi connectivity index (χ3v) is 3.96. The zero-order valence-corrected chi connectivity index (χ0v) is 11.9. The monoisotopic (exact) mass is 297 g/mol. The van der Waals surface area contributed by atoms with Crippen LogP contribution < -0.4 is 5.32 Å². The van der Waals surface area contributed by atoms with Crippen LogP contribution in [0.15, 0.2) is 22.7 Å². The first-order chi connectivity index (χ1) is 8.29. The second-order valence-electron chi connectivity index (χ2n) is 4.57. The van der Waals surface area contributed by atoms with Crippen molar-refractivity contribution >= 4 is 15.9 Å². The lowest BCUT2D eigenvalue weighted by molar-refractivity contribution is -0.00889. The third kappa shape index (κ3) is 3.80. The summed E-state index contributed by atoms with van der Waals surface area (Å²) in [4.78, 5) is 0. The van der Waals surface area contributed by atoms with Gasteiger partial charge in [-0.3, -0.25) is 0 Å². The van der Waals surface area contributed by atoms with Crippen LogP contribution in [0.25, 0.3) is 0 Å². The number of rotatable bonds is 6. The highest BCUT2D eigenvalue weighted by atomic mass is 79.9. The minimum absolute atomic E-state index is 0.503. The Morgan fingerprint density at radius 1 is 1.41 bits per heavy atom.